The molecule has 2 aromatic carbocycles. The summed E-state index contributed by atoms with van der Waals surface area (Å²) in [5, 5.41) is 13.6. The standard InChI is InChI=1S/C21H20N4O4/c1-12-3-5-14(6-4-12)21-25-24-19(29-21)10-9-18(26)22-15-7-8-17-16(11-15)23-20(27)13(2)28-17/h3-8,11,13H,9-10H2,1-2H3,(H,22,26)(H,23,27)/t13-/m0/s1. The zero-order valence-electron chi connectivity index (χ0n) is 16.1. The van der Waals surface area contributed by atoms with E-state index in [4.69, 9.17) is 9.15 Å². The van der Waals surface area contributed by atoms with Crippen LogP contribution >= 0.6 is 0 Å². The van der Waals surface area contributed by atoms with Crippen molar-refractivity contribution in [3.05, 3.63) is 53.9 Å². The van der Waals surface area contributed by atoms with Crippen molar-refractivity contribution in [3.8, 4) is 17.2 Å². The number of carbonyl (C=O) groups is 2. The summed E-state index contributed by atoms with van der Waals surface area (Å²) in [6, 6.07) is 12.9. The summed E-state index contributed by atoms with van der Waals surface area (Å²) in [5.74, 6) is 0.985. The first-order valence-corrected chi connectivity index (χ1v) is 9.29. The minimum absolute atomic E-state index is 0.187. The van der Waals surface area contributed by atoms with Crippen molar-refractivity contribution in [3.63, 3.8) is 0 Å². The smallest absolute Gasteiger partial charge is 0.265 e. The number of anilines is 2. The lowest BCUT2D eigenvalue weighted by Gasteiger charge is -2.23. The average molecular weight is 392 g/mol. The van der Waals surface area contributed by atoms with Crippen LogP contribution in [0.2, 0.25) is 0 Å². The number of rotatable bonds is 5. The van der Waals surface area contributed by atoms with Gasteiger partial charge in [-0.15, -0.1) is 10.2 Å². The van der Waals surface area contributed by atoms with Crippen LogP contribution in [0.3, 0.4) is 0 Å². The first kappa shape index (κ1) is 18.7. The lowest BCUT2D eigenvalue weighted by Crippen LogP contribution is -2.34. The number of benzene rings is 2. The molecular weight excluding hydrogens is 372 g/mol. The number of nitrogens with zero attached hydrogens (tertiary/aromatic N) is 2. The van der Waals surface area contributed by atoms with Crippen LogP contribution in [-0.4, -0.2) is 28.1 Å². The van der Waals surface area contributed by atoms with Crippen molar-refractivity contribution in [2.45, 2.75) is 32.8 Å². The van der Waals surface area contributed by atoms with Crippen molar-refractivity contribution in [2.75, 3.05) is 10.6 Å². The molecule has 29 heavy (non-hydrogen) atoms. The van der Waals surface area contributed by atoms with Gasteiger partial charge in [0, 0.05) is 24.1 Å². The summed E-state index contributed by atoms with van der Waals surface area (Å²) in [6.07, 6.45) is -0.0263. The fourth-order valence-corrected chi connectivity index (χ4v) is 2.90. The molecular formula is C21H20N4O4. The largest absolute Gasteiger partial charge is 0.479 e. The van der Waals surface area contributed by atoms with Crippen molar-refractivity contribution < 1.29 is 18.7 Å². The van der Waals surface area contributed by atoms with Crippen LogP contribution in [0, 0.1) is 6.92 Å². The molecule has 2 N–H and O–H groups in total. The fourth-order valence-electron chi connectivity index (χ4n) is 2.90. The molecule has 0 radical (unpaired) electrons. The van der Waals surface area contributed by atoms with Crippen molar-refractivity contribution in [2.24, 2.45) is 0 Å². The van der Waals surface area contributed by atoms with Gasteiger partial charge in [0.05, 0.1) is 5.69 Å². The Hall–Kier alpha value is -3.68. The lowest BCUT2D eigenvalue weighted by atomic mass is 10.1. The van der Waals surface area contributed by atoms with E-state index >= 15 is 0 Å². The number of amides is 2. The highest BCUT2D eigenvalue weighted by atomic mass is 16.5. The van der Waals surface area contributed by atoms with Crippen LogP contribution in [-0.2, 0) is 16.0 Å². The van der Waals surface area contributed by atoms with E-state index < -0.39 is 6.10 Å². The zero-order chi connectivity index (χ0) is 20.4. The molecule has 0 aliphatic carbocycles. The number of ether oxygens (including phenoxy) is 1. The highest BCUT2D eigenvalue weighted by molar-refractivity contribution is 5.99. The van der Waals surface area contributed by atoms with Gasteiger partial charge in [-0.2, -0.15) is 0 Å². The molecule has 148 valence electrons. The molecule has 0 bridgehead atoms. The Morgan fingerprint density at radius 2 is 1.97 bits per heavy atom. The summed E-state index contributed by atoms with van der Waals surface area (Å²) >= 11 is 0. The van der Waals surface area contributed by atoms with Gasteiger partial charge in [-0.05, 0) is 44.2 Å². The molecule has 0 unspecified atom stereocenters. The molecule has 0 saturated carbocycles. The number of nitrogens with one attached hydrogen (secondary N) is 2. The van der Waals surface area contributed by atoms with E-state index in [0.717, 1.165) is 11.1 Å². The van der Waals surface area contributed by atoms with Crippen molar-refractivity contribution in [1.29, 1.82) is 0 Å². The second-order valence-electron chi connectivity index (χ2n) is 6.88. The third-order valence-electron chi connectivity index (χ3n) is 4.53. The highest BCUT2D eigenvalue weighted by Gasteiger charge is 2.23. The maximum atomic E-state index is 12.3. The molecule has 0 saturated heterocycles. The molecule has 0 fully saturated rings. The van der Waals surface area contributed by atoms with Gasteiger partial charge >= 0.3 is 0 Å². The van der Waals surface area contributed by atoms with Crippen molar-refractivity contribution >= 4 is 23.2 Å². The van der Waals surface area contributed by atoms with E-state index in [2.05, 4.69) is 20.8 Å². The molecule has 1 aromatic heterocycles. The Morgan fingerprint density at radius 1 is 1.17 bits per heavy atom. The third-order valence-corrected chi connectivity index (χ3v) is 4.53. The van der Waals surface area contributed by atoms with Gasteiger partial charge in [-0.25, -0.2) is 0 Å². The third kappa shape index (κ3) is 4.26. The van der Waals surface area contributed by atoms with Gasteiger partial charge in [-0.3, -0.25) is 9.59 Å². The van der Waals surface area contributed by atoms with E-state index in [1.165, 1.54) is 0 Å². The SMILES string of the molecule is Cc1ccc(-c2nnc(CCC(=O)Nc3ccc4c(c3)NC(=O)[C@H](C)O4)o2)cc1. The molecule has 1 aliphatic heterocycles. The minimum atomic E-state index is -0.540. The molecule has 4 rings (SSSR count). The summed E-state index contributed by atoms with van der Waals surface area (Å²) in [4.78, 5) is 24.0. The Kier molecular flexibility index (Phi) is 4.99. The predicted octanol–water partition coefficient (Wildman–Crippen LogP) is 3.34. The molecule has 8 nitrogen and oxygen atoms in total. The second-order valence-corrected chi connectivity index (χ2v) is 6.88. The summed E-state index contributed by atoms with van der Waals surface area (Å²) in [5.41, 5.74) is 3.09. The number of carbonyl (C=O) groups excluding carboxylic acids is 2. The number of aromatic nitrogens is 2. The quantitative estimate of drug-likeness (QED) is 0.690. The predicted molar refractivity (Wildman–Crippen MR) is 107 cm³/mol. The van der Waals surface area contributed by atoms with Crippen LogP contribution in [0.5, 0.6) is 5.75 Å². The molecule has 8 heteroatoms. The highest BCUT2D eigenvalue weighted by Crippen LogP contribution is 2.32. The molecule has 3 aromatic rings. The van der Waals surface area contributed by atoms with Gasteiger partial charge < -0.3 is 19.8 Å². The topological polar surface area (TPSA) is 106 Å². The first-order valence-electron chi connectivity index (χ1n) is 9.29. The molecule has 0 spiro atoms. The molecule has 2 amide bonds. The monoisotopic (exact) mass is 392 g/mol. The summed E-state index contributed by atoms with van der Waals surface area (Å²) < 4.78 is 11.1. The maximum absolute atomic E-state index is 12.3. The normalized spacial score (nSPS) is 15.2. The van der Waals surface area contributed by atoms with Crippen LogP contribution in [0.4, 0.5) is 11.4 Å². The number of fused-ring (bicyclic) bond motifs is 1. The molecule has 1 atom stereocenters. The van der Waals surface area contributed by atoms with Crippen LogP contribution in [0.25, 0.3) is 11.5 Å². The zero-order valence-corrected chi connectivity index (χ0v) is 16.1. The second kappa shape index (κ2) is 7.75. The Bertz CT molecular complexity index is 1060. The van der Waals surface area contributed by atoms with Gasteiger partial charge in [0.1, 0.15) is 5.75 Å². The van der Waals surface area contributed by atoms with E-state index in [0.29, 0.717) is 35.3 Å². The van der Waals surface area contributed by atoms with Crippen molar-refractivity contribution in [1.82, 2.24) is 10.2 Å². The van der Waals surface area contributed by atoms with Gasteiger partial charge in [0.2, 0.25) is 17.7 Å². The number of hydrogen-bond donors (Lipinski definition) is 2. The van der Waals surface area contributed by atoms with E-state index in [1.54, 1.807) is 25.1 Å². The Morgan fingerprint density at radius 3 is 2.76 bits per heavy atom. The van der Waals surface area contributed by atoms with E-state index in [1.807, 2.05) is 31.2 Å². The van der Waals surface area contributed by atoms with Gasteiger partial charge in [0.15, 0.2) is 6.10 Å². The maximum Gasteiger partial charge on any atom is 0.265 e. The minimum Gasteiger partial charge on any atom is -0.479 e. The fraction of sp³-hybridized carbons (Fsp3) is 0.238. The Balaban J connectivity index is 1.34. The van der Waals surface area contributed by atoms with E-state index in [-0.39, 0.29) is 18.2 Å². The summed E-state index contributed by atoms with van der Waals surface area (Å²) in [6.45, 7) is 3.68. The van der Waals surface area contributed by atoms with Gasteiger partial charge in [0.25, 0.3) is 5.91 Å². The number of aryl methyl sites for hydroxylation is 2. The van der Waals surface area contributed by atoms with E-state index in [9.17, 15) is 9.59 Å². The molecule has 1 aliphatic rings. The molecule has 2 heterocycles. The van der Waals surface area contributed by atoms with Crippen LogP contribution in [0.15, 0.2) is 46.9 Å². The average Bonchev–Trinajstić information content (AvgIpc) is 3.17. The Labute approximate surface area is 167 Å². The lowest BCUT2D eigenvalue weighted by molar-refractivity contribution is -0.122. The number of hydrogen-bond acceptors (Lipinski definition) is 6. The van der Waals surface area contributed by atoms with Crippen LogP contribution in [0.1, 0.15) is 24.8 Å². The first-order chi connectivity index (χ1) is 14.0. The van der Waals surface area contributed by atoms with Crippen LogP contribution < -0.4 is 15.4 Å². The van der Waals surface area contributed by atoms with Gasteiger partial charge in [-0.1, -0.05) is 17.7 Å². The summed E-state index contributed by atoms with van der Waals surface area (Å²) in [7, 11) is 0.